The molecule has 6 heteroatoms. The Labute approximate surface area is 120 Å². The van der Waals surface area contributed by atoms with Gasteiger partial charge in [0.2, 0.25) is 10.0 Å². The summed E-state index contributed by atoms with van der Waals surface area (Å²) < 4.78 is 26.8. The van der Waals surface area contributed by atoms with Crippen molar-refractivity contribution in [1.82, 2.24) is 10.0 Å². The zero-order valence-corrected chi connectivity index (χ0v) is 13.0. The first kappa shape index (κ1) is 16.7. The lowest BCUT2D eigenvalue weighted by Gasteiger charge is -2.13. The van der Waals surface area contributed by atoms with E-state index in [0.29, 0.717) is 18.0 Å². The van der Waals surface area contributed by atoms with Crippen molar-refractivity contribution < 1.29 is 13.2 Å². The maximum atomic E-state index is 12.1. The minimum atomic E-state index is -3.51. The van der Waals surface area contributed by atoms with Gasteiger partial charge in [0.25, 0.3) is 5.91 Å². The molecule has 2 N–H and O–H groups in total. The normalized spacial score (nSPS) is 11.6. The van der Waals surface area contributed by atoms with E-state index in [1.165, 1.54) is 31.3 Å². The van der Waals surface area contributed by atoms with Gasteiger partial charge < -0.3 is 5.32 Å². The van der Waals surface area contributed by atoms with Gasteiger partial charge in [-0.05, 0) is 30.2 Å². The summed E-state index contributed by atoms with van der Waals surface area (Å²) in [6.45, 7) is 4.52. The Morgan fingerprint density at radius 3 is 2.15 bits per heavy atom. The van der Waals surface area contributed by atoms with Gasteiger partial charge in [-0.3, -0.25) is 4.79 Å². The van der Waals surface area contributed by atoms with Crippen LogP contribution in [-0.4, -0.2) is 27.9 Å². The number of amides is 1. The Hall–Kier alpha value is -1.40. The molecule has 0 aliphatic rings. The summed E-state index contributed by atoms with van der Waals surface area (Å²) >= 11 is 0. The van der Waals surface area contributed by atoms with Crippen molar-refractivity contribution in [3.63, 3.8) is 0 Å². The van der Waals surface area contributed by atoms with Crippen molar-refractivity contribution in [2.24, 2.45) is 5.92 Å². The van der Waals surface area contributed by atoms with E-state index in [9.17, 15) is 13.2 Å². The lowest BCUT2D eigenvalue weighted by Crippen LogP contribution is -2.29. The second-order valence-corrected chi connectivity index (χ2v) is 6.40. The van der Waals surface area contributed by atoms with E-state index in [2.05, 4.69) is 10.0 Å². The molecule has 0 bridgehead atoms. The van der Waals surface area contributed by atoms with E-state index in [1.54, 1.807) is 0 Å². The van der Waals surface area contributed by atoms with Gasteiger partial charge in [-0.15, -0.1) is 0 Å². The van der Waals surface area contributed by atoms with Gasteiger partial charge in [-0.2, -0.15) is 0 Å². The van der Waals surface area contributed by atoms with E-state index >= 15 is 0 Å². The Morgan fingerprint density at radius 2 is 1.70 bits per heavy atom. The Morgan fingerprint density at radius 1 is 1.15 bits per heavy atom. The van der Waals surface area contributed by atoms with Crippen LogP contribution in [0.1, 0.15) is 37.0 Å². The van der Waals surface area contributed by atoms with Gasteiger partial charge in [0.05, 0.1) is 4.90 Å². The predicted molar refractivity (Wildman–Crippen MR) is 79.1 cm³/mol. The molecule has 0 fully saturated rings. The molecule has 1 amide bonds. The second-order valence-electron chi connectivity index (χ2n) is 4.64. The molecule has 1 aromatic carbocycles. The highest BCUT2D eigenvalue weighted by Gasteiger charge is 2.16. The van der Waals surface area contributed by atoms with Crippen LogP contribution in [-0.2, 0) is 10.0 Å². The van der Waals surface area contributed by atoms with Crippen LogP contribution < -0.4 is 10.0 Å². The monoisotopic (exact) mass is 298 g/mol. The minimum Gasteiger partial charge on any atom is -0.355 e. The molecule has 0 saturated carbocycles. The highest BCUT2D eigenvalue weighted by molar-refractivity contribution is 7.89. The van der Waals surface area contributed by atoms with Crippen LogP contribution in [0.15, 0.2) is 29.2 Å². The molecule has 1 rings (SSSR count). The molecule has 0 aliphatic carbocycles. The fourth-order valence-electron chi connectivity index (χ4n) is 1.82. The number of hydrogen-bond donors (Lipinski definition) is 2. The number of carbonyl (C=O) groups excluding carboxylic acids is 1. The third-order valence-electron chi connectivity index (χ3n) is 3.37. The van der Waals surface area contributed by atoms with Crippen LogP contribution in [0.4, 0.5) is 0 Å². The van der Waals surface area contributed by atoms with Crippen LogP contribution >= 0.6 is 0 Å². The standard InChI is InChI=1S/C14H22N2O3S/c1-4-11(5-2)10-16-20(18,19)13-8-6-12(7-9-13)14(17)15-3/h6-9,11,16H,4-5,10H2,1-3H3,(H,15,17). The van der Waals surface area contributed by atoms with Crippen molar-refractivity contribution in [2.45, 2.75) is 31.6 Å². The van der Waals surface area contributed by atoms with Crippen molar-refractivity contribution in [3.8, 4) is 0 Å². The molecular formula is C14H22N2O3S. The van der Waals surface area contributed by atoms with Crippen molar-refractivity contribution in [1.29, 1.82) is 0 Å². The number of benzene rings is 1. The third kappa shape index (κ3) is 4.31. The van der Waals surface area contributed by atoms with E-state index in [0.717, 1.165) is 12.8 Å². The van der Waals surface area contributed by atoms with Crippen LogP contribution in [0.3, 0.4) is 0 Å². The van der Waals surface area contributed by atoms with E-state index in [1.807, 2.05) is 13.8 Å². The number of carbonyl (C=O) groups is 1. The summed E-state index contributed by atoms with van der Waals surface area (Å²) in [6.07, 6.45) is 1.88. The highest BCUT2D eigenvalue weighted by Crippen LogP contribution is 2.12. The average molecular weight is 298 g/mol. The van der Waals surface area contributed by atoms with Crippen molar-refractivity contribution in [2.75, 3.05) is 13.6 Å². The fraction of sp³-hybridized carbons (Fsp3) is 0.500. The molecule has 1 aromatic rings. The zero-order valence-electron chi connectivity index (χ0n) is 12.1. The van der Waals surface area contributed by atoms with E-state index < -0.39 is 10.0 Å². The van der Waals surface area contributed by atoms with Gasteiger partial charge in [-0.25, -0.2) is 13.1 Å². The first-order valence-electron chi connectivity index (χ1n) is 6.76. The maximum absolute atomic E-state index is 12.1. The second kappa shape index (κ2) is 7.40. The largest absolute Gasteiger partial charge is 0.355 e. The molecule has 0 radical (unpaired) electrons. The van der Waals surface area contributed by atoms with Crippen molar-refractivity contribution >= 4 is 15.9 Å². The lowest BCUT2D eigenvalue weighted by molar-refractivity contribution is 0.0963. The summed E-state index contributed by atoms with van der Waals surface area (Å²) in [7, 11) is -1.97. The number of hydrogen-bond acceptors (Lipinski definition) is 3. The van der Waals surface area contributed by atoms with Gasteiger partial charge in [0.15, 0.2) is 0 Å². The number of nitrogens with one attached hydrogen (secondary N) is 2. The summed E-state index contributed by atoms with van der Waals surface area (Å²) in [4.78, 5) is 11.6. The molecule has 112 valence electrons. The molecule has 5 nitrogen and oxygen atoms in total. The van der Waals surface area contributed by atoms with E-state index in [4.69, 9.17) is 0 Å². The fourth-order valence-corrected chi connectivity index (χ4v) is 2.93. The van der Waals surface area contributed by atoms with Gasteiger partial charge >= 0.3 is 0 Å². The van der Waals surface area contributed by atoms with Crippen LogP contribution in [0.2, 0.25) is 0 Å². The average Bonchev–Trinajstić information content (AvgIpc) is 2.47. The van der Waals surface area contributed by atoms with Gasteiger partial charge in [-0.1, -0.05) is 26.7 Å². The highest BCUT2D eigenvalue weighted by atomic mass is 32.2. The molecule has 0 atom stereocenters. The molecule has 0 aromatic heterocycles. The first-order valence-corrected chi connectivity index (χ1v) is 8.24. The van der Waals surface area contributed by atoms with Crippen LogP contribution in [0, 0.1) is 5.92 Å². The molecule has 0 unspecified atom stereocenters. The Balaban J connectivity index is 2.80. The topological polar surface area (TPSA) is 75.3 Å². The van der Waals surface area contributed by atoms with Crippen LogP contribution in [0.25, 0.3) is 0 Å². The van der Waals surface area contributed by atoms with Crippen LogP contribution in [0.5, 0.6) is 0 Å². The quantitative estimate of drug-likeness (QED) is 0.805. The molecule has 0 heterocycles. The summed E-state index contributed by atoms with van der Waals surface area (Å²) in [5.74, 6) is 0.105. The van der Waals surface area contributed by atoms with E-state index in [-0.39, 0.29) is 10.8 Å². The number of rotatable bonds is 7. The van der Waals surface area contributed by atoms with Crippen molar-refractivity contribution in [3.05, 3.63) is 29.8 Å². The lowest BCUT2D eigenvalue weighted by atomic mass is 10.0. The first-order chi connectivity index (χ1) is 9.44. The predicted octanol–water partition coefficient (Wildman–Crippen LogP) is 1.76. The third-order valence-corrected chi connectivity index (χ3v) is 4.81. The molecule has 0 saturated heterocycles. The molecule has 0 spiro atoms. The number of sulfonamides is 1. The summed E-state index contributed by atoms with van der Waals surface area (Å²) in [5, 5.41) is 2.49. The molecule has 20 heavy (non-hydrogen) atoms. The summed E-state index contributed by atoms with van der Waals surface area (Å²) in [5.41, 5.74) is 0.437. The maximum Gasteiger partial charge on any atom is 0.251 e. The smallest absolute Gasteiger partial charge is 0.251 e. The minimum absolute atomic E-state index is 0.177. The Kier molecular flexibility index (Phi) is 6.16. The zero-order chi connectivity index (χ0) is 15.2. The Bertz CT molecular complexity index is 534. The van der Waals surface area contributed by atoms with Gasteiger partial charge in [0, 0.05) is 19.2 Å². The molecule has 0 aliphatic heterocycles. The molecular weight excluding hydrogens is 276 g/mol. The summed E-state index contributed by atoms with van der Waals surface area (Å²) in [6, 6.07) is 5.90. The SMILES string of the molecule is CCC(CC)CNS(=O)(=O)c1ccc(C(=O)NC)cc1. The van der Waals surface area contributed by atoms with Gasteiger partial charge in [0.1, 0.15) is 0 Å².